The minimum Gasteiger partial charge on any atom is -0.343 e. The summed E-state index contributed by atoms with van der Waals surface area (Å²) in [4.78, 5) is 189. The molecule has 28 heteroatoms. The summed E-state index contributed by atoms with van der Waals surface area (Å²) in [5, 5.41) is 4.91. The van der Waals surface area contributed by atoms with Crippen LogP contribution >= 0.6 is 11.6 Å². The second-order valence-corrected chi connectivity index (χ2v) is 28.2. The van der Waals surface area contributed by atoms with Gasteiger partial charge >= 0.3 is 6.18 Å². The number of rotatable bonds is 10. The van der Waals surface area contributed by atoms with Gasteiger partial charge in [0.25, 0.3) is 0 Å². The minimum absolute atomic E-state index is 0.00158. The van der Waals surface area contributed by atoms with E-state index in [1.54, 1.807) is 30.0 Å². The first-order valence-electron chi connectivity index (χ1n) is 34.2. The fourth-order valence-electron chi connectivity index (χ4n) is 13.2. The molecule has 2 aliphatic heterocycles. The van der Waals surface area contributed by atoms with Crippen molar-refractivity contribution in [3.05, 3.63) is 64.7 Å². The van der Waals surface area contributed by atoms with E-state index in [0.717, 1.165) is 86.5 Å². The lowest BCUT2D eigenvalue weighted by atomic mass is 9.78. The Morgan fingerprint density at radius 1 is 0.643 bits per heavy atom. The van der Waals surface area contributed by atoms with Gasteiger partial charge in [-0.1, -0.05) is 94.7 Å². The van der Waals surface area contributed by atoms with Gasteiger partial charge in [-0.3, -0.25) is 57.5 Å². The maximum Gasteiger partial charge on any atom is 0.417 e. The third kappa shape index (κ3) is 19.7. The van der Waals surface area contributed by atoms with Crippen molar-refractivity contribution < 1.29 is 70.7 Å². The van der Waals surface area contributed by atoms with Crippen LogP contribution in [0.3, 0.4) is 0 Å². The zero-order chi connectivity index (χ0) is 72.8. The summed E-state index contributed by atoms with van der Waals surface area (Å²) in [6, 6.07) is 3.25. The second-order valence-electron chi connectivity index (χ2n) is 27.8. The van der Waals surface area contributed by atoms with Crippen LogP contribution in [0.1, 0.15) is 142 Å². The van der Waals surface area contributed by atoms with E-state index in [4.69, 9.17) is 11.6 Å². The molecule has 12 amide bonds. The van der Waals surface area contributed by atoms with Crippen LogP contribution < -0.4 is 15.5 Å². The van der Waals surface area contributed by atoms with Gasteiger partial charge in [0.1, 0.15) is 48.3 Å². The summed E-state index contributed by atoms with van der Waals surface area (Å²) in [5.74, 6) is -9.32. The minimum atomic E-state index is -4.78. The van der Waals surface area contributed by atoms with Crippen molar-refractivity contribution >= 4 is 88.2 Å². The number of benzene rings is 2. The molecule has 0 spiro atoms. The molecule has 0 radical (unpaired) electrons. The Bertz CT molecular complexity index is 3220. The Hall–Kier alpha value is -7.84. The molecule has 2 N–H and O–H groups in total. The number of amides is 12. The third-order valence-electron chi connectivity index (χ3n) is 20.6. The highest BCUT2D eigenvalue weighted by atomic mass is 35.5. The molecule has 2 saturated heterocycles. The maximum absolute atomic E-state index is 15.4. The topological polar surface area (TPSA) is 261 Å². The molecule has 98 heavy (non-hydrogen) atoms. The number of piperidine rings is 1. The number of anilines is 1. The first kappa shape index (κ1) is 79.1. The van der Waals surface area contributed by atoms with Gasteiger partial charge in [0.2, 0.25) is 70.9 Å². The van der Waals surface area contributed by atoms with Gasteiger partial charge in [0.15, 0.2) is 0 Å². The Balaban J connectivity index is 1.43. The van der Waals surface area contributed by atoms with Gasteiger partial charge in [-0.15, -0.1) is 0 Å². The van der Waals surface area contributed by atoms with Crippen LogP contribution in [0.25, 0.3) is 0 Å². The summed E-state index contributed by atoms with van der Waals surface area (Å²) < 4.78 is 41.7. The fraction of sp³-hybridized carbons (Fsp3) is 0.657. The summed E-state index contributed by atoms with van der Waals surface area (Å²) in [6.45, 7) is 6.16. The van der Waals surface area contributed by atoms with E-state index in [1.165, 1.54) is 110 Å². The Labute approximate surface area is 579 Å². The van der Waals surface area contributed by atoms with Gasteiger partial charge in [-0.2, -0.15) is 13.2 Å². The number of nitrogens with zero attached hydrogens (tertiary/aromatic N) is 10. The van der Waals surface area contributed by atoms with Crippen LogP contribution in [0.4, 0.5) is 18.9 Å². The number of carbonyl (C=O) groups is 12. The van der Waals surface area contributed by atoms with Gasteiger partial charge in [-0.05, 0) is 120 Å². The standard InChI is InChI=1S/C70H102ClF3N12O12/c1-14-44(2)60-66(96)79(8)41-57(89)77(6)42-58(90)81(10)53(38-46-25-18-15-19-26-46)64(94)78(7)40-55(87)75-52(34-32-47-31-33-50(51(71)37-47)70(72,73)74)63(93)86(49-29-20-16-21-30-49)43-59(91)84(13)69(4,5)68(98)83(12)61(48-27-24-28-48)67(97)82(11)54(65(95)85-35-22-17-23-36-85)39-56(88)80(9)45(3)62(92)76-60/h16,20-21,29-31,33,37,44-46,48,52-54,60-61H,14-15,17-19,22-28,32,34-36,38-43H2,1-13H3,(H,75,87)(H,76,92)/t44-,45-,52-,53-,54-,60-,61+/m0/s1. The third-order valence-corrected chi connectivity index (χ3v) is 21.0. The van der Waals surface area contributed by atoms with Crippen LogP contribution in [-0.2, 0) is 70.1 Å². The largest absolute Gasteiger partial charge is 0.417 e. The Kier molecular flexibility index (Phi) is 28.1. The molecule has 542 valence electrons. The first-order chi connectivity index (χ1) is 46.0. The normalized spacial score (nSPS) is 25.0. The van der Waals surface area contributed by atoms with Crippen molar-refractivity contribution in [2.24, 2.45) is 17.8 Å². The highest BCUT2D eigenvalue weighted by Crippen LogP contribution is 2.37. The zero-order valence-corrected chi connectivity index (χ0v) is 60.0. The van der Waals surface area contributed by atoms with Crippen LogP contribution in [0.2, 0.25) is 5.02 Å². The second kappa shape index (κ2) is 34.8. The molecule has 0 bridgehead atoms. The van der Waals surface area contributed by atoms with Crippen molar-refractivity contribution in [2.45, 2.75) is 185 Å². The molecular formula is C70H102ClF3N12O12. The predicted molar refractivity (Wildman–Crippen MR) is 362 cm³/mol. The van der Waals surface area contributed by atoms with E-state index in [0.29, 0.717) is 45.2 Å². The van der Waals surface area contributed by atoms with E-state index in [2.05, 4.69) is 10.6 Å². The highest BCUT2D eigenvalue weighted by Gasteiger charge is 2.48. The molecule has 4 fully saturated rings. The quantitative estimate of drug-likeness (QED) is 0.300. The number of hydrogen-bond donors (Lipinski definition) is 2. The predicted octanol–water partition coefficient (Wildman–Crippen LogP) is 5.47. The molecule has 4 aliphatic rings. The number of carbonyl (C=O) groups excluding carboxylic acids is 12. The number of nitrogens with one attached hydrogen (secondary N) is 2. The zero-order valence-electron chi connectivity index (χ0n) is 59.3. The lowest BCUT2D eigenvalue weighted by molar-refractivity contribution is -0.160. The average Bonchev–Trinajstić information content (AvgIpc) is 0.780. The molecule has 2 aliphatic carbocycles. The van der Waals surface area contributed by atoms with E-state index >= 15 is 14.4 Å². The molecule has 6 rings (SSSR count). The lowest BCUT2D eigenvalue weighted by Gasteiger charge is -2.45. The number of para-hydroxylation sites is 1. The van der Waals surface area contributed by atoms with Crippen molar-refractivity contribution in [2.75, 3.05) is 101 Å². The van der Waals surface area contributed by atoms with Crippen LogP contribution in [-0.4, -0.2) is 252 Å². The monoisotopic (exact) mass is 1390 g/mol. The van der Waals surface area contributed by atoms with Gasteiger partial charge in [0.05, 0.1) is 36.6 Å². The average molecular weight is 1400 g/mol. The van der Waals surface area contributed by atoms with Crippen LogP contribution in [0, 0.1) is 17.8 Å². The maximum atomic E-state index is 15.4. The number of aryl methyl sites for hydroxylation is 1. The Morgan fingerprint density at radius 3 is 1.83 bits per heavy atom. The van der Waals surface area contributed by atoms with Crippen LogP contribution in [0.5, 0.6) is 0 Å². The van der Waals surface area contributed by atoms with E-state index < -0.39 is 174 Å². The molecule has 0 aromatic heterocycles. The molecule has 2 saturated carbocycles. The van der Waals surface area contributed by atoms with Gasteiger partial charge in [0, 0.05) is 75.2 Å². The first-order valence-corrected chi connectivity index (χ1v) is 34.6. The fourth-order valence-corrected chi connectivity index (χ4v) is 13.5. The number of alkyl halides is 3. The Morgan fingerprint density at radius 2 is 1.24 bits per heavy atom. The number of likely N-dealkylation sites (N-methyl/N-ethyl adjacent to an activating group) is 8. The van der Waals surface area contributed by atoms with Crippen LogP contribution in [0.15, 0.2) is 48.5 Å². The molecule has 2 aromatic carbocycles. The molecule has 2 aromatic rings. The smallest absolute Gasteiger partial charge is 0.343 e. The lowest BCUT2D eigenvalue weighted by Crippen LogP contribution is -2.64. The number of halogens is 4. The summed E-state index contributed by atoms with van der Waals surface area (Å²) in [7, 11) is 11.0. The van der Waals surface area contributed by atoms with E-state index in [9.17, 15) is 56.3 Å². The summed E-state index contributed by atoms with van der Waals surface area (Å²) in [6.07, 6.45) is 3.06. The van der Waals surface area contributed by atoms with Crippen molar-refractivity contribution in [1.29, 1.82) is 0 Å². The van der Waals surface area contributed by atoms with Gasteiger partial charge in [-0.25, -0.2) is 0 Å². The molecule has 24 nitrogen and oxygen atoms in total. The number of likely N-dealkylation sites (tertiary alicyclic amines) is 1. The summed E-state index contributed by atoms with van der Waals surface area (Å²) in [5.41, 5.74) is -2.43. The van der Waals surface area contributed by atoms with E-state index in [1.807, 2.05) is 6.92 Å². The van der Waals surface area contributed by atoms with Crippen molar-refractivity contribution in [1.82, 2.24) is 54.7 Å². The molecular weight excluding hydrogens is 1290 g/mol. The van der Waals surface area contributed by atoms with Gasteiger partial charge < -0.3 is 59.6 Å². The van der Waals surface area contributed by atoms with E-state index in [-0.39, 0.29) is 36.4 Å². The van der Waals surface area contributed by atoms with Crippen molar-refractivity contribution in [3.8, 4) is 0 Å². The SMILES string of the molecule is CC[C@H](C)[C@@H]1NC(=O)[C@H](C)N(C)C(=O)C[C@@H](C(=O)N2CCCCC2)N(C)C(=O)[C@@H](C2CCC2)N(C)C(=O)C(C)(C)N(C)C(=O)CN(c2ccccc2)C(=O)[C@H](CCc2ccc(C(F)(F)F)c(Cl)c2)NC(=O)CN(C)C(=O)[C@H](CC2CCCCC2)N(C)C(=O)CN(C)C(=O)CN(C)C1=O. The van der Waals surface area contributed by atoms with Crippen molar-refractivity contribution in [3.63, 3.8) is 0 Å². The number of hydrogen-bond acceptors (Lipinski definition) is 12. The molecule has 7 atom stereocenters. The summed E-state index contributed by atoms with van der Waals surface area (Å²) >= 11 is 6.16. The molecule has 0 unspecified atom stereocenters. The molecule has 2 heterocycles. The highest BCUT2D eigenvalue weighted by molar-refractivity contribution is 6.31.